The van der Waals surface area contributed by atoms with Crippen molar-refractivity contribution in [2.24, 2.45) is 5.14 Å². The topological polar surface area (TPSA) is 101 Å². The summed E-state index contributed by atoms with van der Waals surface area (Å²) in [6.07, 6.45) is 1.09. The third-order valence-electron chi connectivity index (χ3n) is 3.80. The van der Waals surface area contributed by atoms with E-state index >= 15 is 0 Å². The fourth-order valence-corrected chi connectivity index (χ4v) is 2.90. The molecule has 0 spiro atoms. The van der Waals surface area contributed by atoms with Gasteiger partial charge in [-0.15, -0.1) is 0 Å². The lowest BCUT2D eigenvalue weighted by Gasteiger charge is -2.08. The first-order chi connectivity index (χ1) is 12.4. The second-order valence-electron chi connectivity index (χ2n) is 5.81. The molecule has 2 aromatic carbocycles. The van der Waals surface area contributed by atoms with Crippen molar-refractivity contribution < 1.29 is 17.6 Å². The summed E-state index contributed by atoms with van der Waals surface area (Å²) in [5.41, 5.74) is 1.51. The van der Waals surface area contributed by atoms with Gasteiger partial charge in [0.1, 0.15) is 5.82 Å². The number of rotatable bonds is 9. The maximum Gasteiger partial charge on any atom is 0.238 e. The highest BCUT2D eigenvalue weighted by molar-refractivity contribution is 7.89. The highest BCUT2D eigenvalue weighted by Gasteiger charge is 2.07. The van der Waals surface area contributed by atoms with Crippen molar-refractivity contribution in [1.29, 1.82) is 0 Å². The average Bonchev–Trinajstić information content (AvgIpc) is 2.60. The Kier molecular flexibility index (Phi) is 7.26. The Bertz CT molecular complexity index is 839. The molecule has 6 nitrogen and oxygen atoms in total. The number of nitrogens with two attached hydrogens (primary N) is 1. The van der Waals surface area contributed by atoms with Crippen molar-refractivity contribution in [3.05, 3.63) is 65.5 Å². The van der Waals surface area contributed by atoms with Crippen molar-refractivity contribution >= 4 is 15.9 Å². The van der Waals surface area contributed by atoms with Crippen LogP contribution >= 0.6 is 0 Å². The maximum absolute atomic E-state index is 13.4. The minimum atomic E-state index is -3.69. The lowest BCUT2D eigenvalue weighted by atomic mass is 10.1. The zero-order valence-electron chi connectivity index (χ0n) is 14.2. The van der Waals surface area contributed by atoms with Crippen LogP contribution in [0.3, 0.4) is 0 Å². The van der Waals surface area contributed by atoms with Gasteiger partial charge in [0.05, 0.1) is 11.4 Å². The van der Waals surface area contributed by atoms with Crippen LogP contribution in [0, 0.1) is 5.82 Å². The van der Waals surface area contributed by atoms with Gasteiger partial charge in [0.15, 0.2) is 0 Å². The number of primary sulfonamides is 1. The SMILES string of the molecule is NS(=O)(=O)c1ccc(CCNC(=O)CNCCc2ccccc2F)cc1. The first-order valence-electron chi connectivity index (χ1n) is 8.19. The molecule has 0 aliphatic carbocycles. The average molecular weight is 379 g/mol. The van der Waals surface area contributed by atoms with Crippen LogP contribution < -0.4 is 15.8 Å². The highest BCUT2D eigenvalue weighted by atomic mass is 32.2. The van der Waals surface area contributed by atoms with Gasteiger partial charge in [-0.1, -0.05) is 30.3 Å². The number of halogens is 1. The second kappa shape index (κ2) is 9.42. The summed E-state index contributed by atoms with van der Waals surface area (Å²) in [7, 11) is -3.69. The van der Waals surface area contributed by atoms with Crippen molar-refractivity contribution in [3.8, 4) is 0 Å². The maximum atomic E-state index is 13.4. The van der Waals surface area contributed by atoms with Crippen LogP contribution in [0.1, 0.15) is 11.1 Å². The predicted octanol–water partition coefficient (Wildman–Crippen LogP) is 0.964. The van der Waals surface area contributed by atoms with Gasteiger partial charge < -0.3 is 10.6 Å². The molecule has 0 saturated heterocycles. The van der Waals surface area contributed by atoms with Gasteiger partial charge >= 0.3 is 0 Å². The fourth-order valence-electron chi connectivity index (χ4n) is 2.38. The highest BCUT2D eigenvalue weighted by Crippen LogP contribution is 2.09. The largest absolute Gasteiger partial charge is 0.355 e. The molecule has 140 valence electrons. The first kappa shape index (κ1) is 20.0. The Morgan fingerprint density at radius 3 is 2.35 bits per heavy atom. The predicted molar refractivity (Wildman–Crippen MR) is 97.5 cm³/mol. The molecule has 2 aromatic rings. The Morgan fingerprint density at radius 1 is 1.00 bits per heavy atom. The number of benzene rings is 2. The lowest BCUT2D eigenvalue weighted by Crippen LogP contribution is -2.35. The third-order valence-corrected chi connectivity index (χ3v) is 4.73. The molecule has 2 rings (SSSR count). The molecule has 0 bridgehead atoms. The van der Waals surface area contributed by atoms with Gasteiger partial charge in [-0.3, -0.25) is 4.79 Å². The van der Waals surface area contributed by atoms with Gasteiger partial charge in [-0.25, -0.2) is 17.9 Å². The van der Waals surface area contributed by atoms with E-state index in [2.05, 4.69) is 10.6 Å². The Balaban J connectivity index is 1.64. The van der Waals surface area contributed by atoms with Crippen LogP contribution in [-0.2, 0) is 27.7 Å². The van der Waals surface area contributed by atoms with E-state index in [4.69, 9.17) is 5.14 Å². The smallest absolute Gasteiger partial charge is 0.238 e. The lowest BCUT2D eigenvalue weighted by molar-refractivity contribution is -0.120. The molecule has 4 N–H and O–H groups in total. The summed E-state index contributed by atoms with van der Waals surface area (Å²) >= 11 is 0. The van der Waals surface area contributed by atoms with Crippen molar-refractivity contribution in [1.82, 2.24) is 10.6 Å². The van der Waals surface area contributed by atoms with Gasteiger partial charge in [0.25, 0.3) is 0 Å². The zero-order valence-corrected chi connectivity index (χ0v) is 15.1. The van der Waals surface area contributed by atoms with Gasteiger partial charge in [0.2, 0.25) is 15.9 Å². The van der Waals surface area contributed by atoms with Crippen LogP contribution in [0.4, 0.5) is 4.39 Å². The molecule has 0 saturated carbocycles. The molecule has 0 radical (unpaired) electrons. The standard InChI is InChI=1S/C18H22FN3O3S/c19-17-4-2-1-3-15(17)10-11-21-13-18(23)22-12-9-14-5-7-16(8-6-14)26(20,24)25/h1-8,21H,9-13H2,(H,22,23)(H2,20,24,25). The summed E-state index contributed by atoms with van der Waals surface area (Å²) < 4.78 is 35.8. The van der Waals surface area contributed by atoms with E-state index in [-0.39, 0.29) is 23.2 Å². The third kappa shape index (κ3) is 6.55. The molecule has 0 aromatic heterocycles. The Hall–Kier alpha value is -2.29. The van der Waals surface area contributed by atoms with Crippen LogP contribution in [0.25, 0.3) is 0 Å². The summed E-state index contributed by atoms with van der Waals surface area (Å²) in [4.78, 5) is 11.8. The minimum absolute atomic E-state index is 0.0596. The summed E-state index contributed by atoms with van der Waals surface area (Å²) in [5, 5.41) is 10.8. The summed E-state index contributed by atoms with van der Waals surface area (Å²) in [6, 6.07) is 12.8. The van der Waals surface area contributed by atoms with E-state index in [1.807, 2.05) is 0 Å². The number of hydrogen-bond donors (Lipinski definition) is 3. The van der Waals surface area contributed by atoms with Crippen LogP contribution in [-0.4, -0.2) is 34.0 Å². The molecule has 8 heteroatoms. The fraction of sp³-hybridized carbons (Fsp3) is 0.278. The molecule has 1 amide bonds. The Morgan fingerprint density at radius 2 is 1.69 bits per heavy atom. The van der Waals surface area contributed by atoms with Crippen LogP contribution in [0.5, 0.6) is 0 Å². The number of hydrogen-bond acceptors (Lipinski definition) is 4. The van der Waals surface area contributed by atoms with Gasteiger partial charge in [-0.05, 0) is 48.7 Å². The summed E-state index contributed by atoms with van der Waals surface area (Å²) in [6.45, 7) is 1.09. The van der Waals surface area contributed by atoms with Gasteiger partial charge in [-0.2, -0.15) is 0 Å². The molecule has 0 unspecified atom stereocenters. The van der Waals surface area contributed by atoms with E-state index < -0.39 is 10.0 Å². The monoisotopic (exact) mass is 379 g/mol. The molecular weight excluding hydrogens is 357 g/mol. The molecule has 0 fully saturated rings. The van der Waals surface area contributed by atoms with Crippen LogP contribution in [0.15, 0.2) is 53.4 Å². The van der Waals surface area contributed by atoms with E-state index in [0.717, 1.165) is 5.56 Å². The van der Waals surface area contributed by atoms with E-state index in [0.29, 0.717) is 31.5 Å². The molecule has 0 aliphatic heterocycles. The van der Waals surface area contributed by atoms with E-state index in [1.54, 1.807) is 30.3 Å². The molecule has 0 heterocycles. The number of carbonyl (C=O) groups is 1. The number of amides is 1. The minimum Gasteiger partial charge on any atom is -0.355 e. The zero-order chi connectivity index (χ0) is 19.0. The second-order valence-corrected chi connectivity index (χ2v) is 7.37. The first-order valence-corrected chi connectivity index (χ1v) is 9.73. The quantitative estimate of drug-likeness (QED) is 0.565. The van der Waals surface area contributed by atoms with E-state index in [9.17, 15) is 17.6 Å². The van der Waals surface area contributed by atoms with Gasteiger partial charge in [0, 0.05) is 6.54 Å². The van der Waals surface area contributed by atoms with Crippen LogP contribution in [0.2, 0.25) is 0 Å². The Labute approximate surface area is 152 Å². The summed E-state index contributed by atoms with van der Waals surface area (Å²) in [5.74, 6) is -0.396. The van der Waals surface area contributed by atoms with Crippen molar-refractivity contribution in [2.75, 3.05) is 19.6 Å². The normalized spacial score (nSPS) is 11.3. The molecule has 0 atom stereocenters. The number of nitrogens with one attached hydrogen (secondary N) is 2. The van der Waals surface area contributed by atoms with Crippen molar-refractivity contribution in [2.45, 2.75) is 17.7 Å². The molecular formula is C18H22FN3O3S. The number of carbonyl (C=O) groups excluding carboxylic acids is 1. The van der Waals surface area contributed by atoms with Crippen molar-refractivity contribution in [3.63, 3.8) is 0 Å². The van der Waals surface area contributed by atoms with E-state index in [1.165, 1.54) is 18.2 Å². The number of sulfonamides is 1. The molecule has 26 heavy (non-hydrogen) atoms. The molecule has 0 aliphatic rings.